The number of para-hydroxylation sites is 1. The third-order valence-electron chi connectivity index (χ3n) is 5.47. The summed E-state index contributed by atoms with van der Waals surface area (Å²) in [5, 5.41) is 1.28. The van der Waals surface area contributed by atoms with Gasteiger partial charge in [0.1, 0.15) is 0 Å². The Morgan fingerprint density at radius 1 is 1.04 bits per heavy atom. The molecule has 1 aromatic heterocycles. The smallest absolute Gasteiger partial charge is 0.243 e. The SMILES string of the molecule is Cc1ccccc1S(=O)(=O)N1CCC(Cc2c[nH]c3ccccc23)CC1. The largest absolute Gasteiger partial charge is 0.361 e. The van der Waals surface area contributed by atoms with Crippen molar-refractivity contribution >= 4 is 20.9 Å². The maximum absolute atomic E-state index is 12.9. The lowest BCUT2D eigenvalue weighted by Gasteiger charge is -2.31. The number of rotatable bonds is 4. The van der Waals surface area contributed by atoms with Gasteiger partial charge in [0.05, 0.1) is 4.90 Å². The molecular weight excluding hydrogens is 344 g/mol. The van der Waals surface area contributed by atoms with Gasteiger partial charge in [0, 0.05) is 30.2 Å². The molecule has 0 amide bonds. The van der Waals surface area contributed by atoms with Crippen LogP contribution in [0.15, 0.2) is 59.6 Å². The van der Waals surface area contributed by atoms with Gasteiger partial charge >= 0.3 is 0 Å². The van der Waals surface area contributed by atoms with E-state index in [1.54, 1.807) is 16.4 Å². The van der Waals surface area contributed by atoms with Crippen LogP contribution in [0.1, 0.15) is 24.0 Å². The standard InChI is InChI=1S/C21H24N2O2S/c1-16-6-2-5-9-21(16)26(24,25)23-12-10-17(11-13-23)14-18-15-22-20-8-4-3-7-19(18)20/h2-9,15,17,22H,10-14H2,1H3. The van der Waals surface area contributed by atoms with Crippen LogP contribution in [0.4, 0.5) is 0 Å². The fourth-order valence-corrected chi connectivity index (χ4v) is 5.65. The van der Waals surface area contributed by atoms with Gasteiger partial charge in [0.2, 0.25) is 10.0 Å². The molecule has 26 heavy (non-hydrogen) atoms. The van der Waals surface area contributed by atoms with E-state index in [1.165, 1.54) is 16.5 Å². The first-order valence-electron chi connectivity index (χ1n) is 9.16. The molecule has 1 fully saturated rings. The van der Waals surface area contributed by atoms with Crippen molar-refractivity contribution in [3.05, 3.63) is 65.9 Å². The zero-order chi connectivity index (χ0) is 18.1. The molecule has 1 aliphatic heterocycles. The number of piperidine rings is 1. The monoisotopic (exact) mass is 368 g/mol. The van der Waals surface area contributed by atoms with Gasteiger partial charge in [-0.15, -0.1) is 0 Å². The third-order valence-corrected chi connectivity index (χ3v) is 7.53. The fourth-order valence-electron chi connectivity index (χ4n) is 3.95. The van der Waals surface area contributed by atoms with Gasteiger partial charge in [-0.3, -0.25) is 0 Å². The molecule has 0 bridgehead atoms. The second kappa shape index (κ2) is 6.89. The lowest BCUT2D eigenvalue weighted by atomic mass is 9.91. The average molecular weight is 369 g/mol. The molecule has 2 heterocycles. The van der Waals surface area contributed by atoms with Gasteiger partial charge in [-0.05, 0) is 55.4 Å². The molecule has 0 spiro atoms. The second-order valence-electron chi connectivity index (χ2n) is 7.18. The van der Waals surface area contributed by atoms with Gasteiger partial charge in [-0.1, -0.05) is 36.4 Å². The molecule has 0 saturated carbocycles. The lowest BCUT2D eigenvalue weighted by molar-refractivity contribution is 0.273. The Kier molecular flexibility index (Phi) is 4.59. The predicted molar refractivity (Wildman–Crippen MR) is 105 cm³/mol. The van der Waals surface area contributed by atoms with Crippen LogP contribution < -0.4 is 0 Å². The Labute approximate surface area is 154 Å². The van der Waals surface area contributed by atoms with E-state index in [4.69, 9.17) is 0 Å². The number of aromatic amines is 1. The molecule has 0 atom stereocenters. The summed E-state index contributed by atoms with van der Waals surface area (Å²) in [6.07, 6.45) is 4.92. The summed E-state index contributed by atoms with van der Waals surface area (Å²) in [6.45, 7) is 3.06. The minimum atomic E-state index is -3.39. The second-order valence-corrected chi connectivity index (χ2v) is 9.08. The number of H-pyrrole nitrogens is 1. The predicted octanol–water partition coefficient (Wildman–Crippen LogP) is 4.12. The van der Waals surface area contributed by atoms with Crippen LogP contribution >= 0.6 is 0 Å². The molecule has 4 rings (SSSR count). The molecule has 1 aliphatic rings. The summed E-state index contributed by atoms with van der Waals surface area (Å²) < 4.78 is 27.5. The molecular formula is C21H24N2O2S. The zero-order valence-corrected chi connectivity index (χ0v) is 15.8. The van der Waals surface area contributed by atoms with Crippen molar-refractivity contribution in [2.75, 3.05) is 13.1 Å². The first-order chi connectivity index (χ1) is 12.6. The van der Waals surface area contributed by atoms with E-state index in [2.05, 4.69) is 29.4 Å². The number of fused-ring (bicyclic) bond motifs is 1. The maximum atomic E-state index is 12.9. The average Bonchev–Trinajstić information content (AvgIpc) is 3.05. The summed E-state index contributed by atoms with van der Waals surface area (Å²) in [5.41, 5.74) is 3.32. The van der Waals surface area contributed by atoms with Crippen molar-refractivity contribution in [3.63, 3.8) is 0 Å². The number of hydrogen-bond acceptors (Lipinski definition) is 2. The lowest BCUT2D eigenvalue weighted by Crippen LogP contribution is -2.39. The molecule has 136 valence electrons. The molecule has 0 aliphatic carbocycles. The summed E-state index contributed by atoms with van der Waals surface area (Å²) >= 11 is 0. The molecule has 3 aromatic rings. The van der Waals surface area contributed by atoms with E-state index in [0.717, 1.165) is 24.8 Å². The summed E-state index contributed by atoms with van der Waals surface area (Å²) in [7, 11) is -3.39. The number of aryl methyl sites for hydroxylation is 1. The van der Waals surface area contributed by atoms with Crippen LogP contribution in [-0.4, -0.2) is 30.8 Å². The Morgan fingerprint density at radius 3 is 2.50 bits per heavy atom. The van der Waals surface area contributed by atoms with Crippen molar-refractivity contribution in [1.29, 1.82) is 0 Å². The van der Waals surface area contributed by atoms with E-state index in [0.29, 0.717) is 23.9 Å². The number of benzene rings is 2. The van der Waals surface area contributed by atoms with Crippen molar-refractivity contribution in [2.45, 2.75) is 31.1 Å². The van der Waals surface area contributed by atoms with Crippen molar-refractivity contribution < 1.29 is 8.42 Å². The van der Waals surface area contributed by atoms with Crippen molar-refractivity contribution in [2.24, 2.45) is 5.92 Å². The van der Waals surface area contributed by atoms with Crippen molar-refractivity contribution in [3.8, 4) is 0 Å². The van der Waals surface area contributed by atoms with Gasteiger partial charge in [0.25, 0.3) is 0 Å². The van der Waals surface area contributed by atoms with E-state index in [1.807, 2.05) is 25.1 Å². The molecule has 5 heteroatoms. The molecule has 4 nitrogen and oxygen atoms in total. The van der Waals surface area contributed by atoms with E-state index >= 15 is 0 Å². The maximum Gasteiger partial charge on any atom is 0.243 e. The van der Waals surface area contributed by atoms with Gasteiger partial charge in [0.15, 0.2) is 0 Å². The topological polar surface area (TPSA) is 53.2 Å². The molecule has 1 N–H and O–H groups in total. The highest BCUT2D eigenvalue weighted by Gasteiger charge is 2.30. The van der Waals surface area contributed by atoms with Crippen LogP contribution in [-0.2, 0) is 16.4 Å². The zero-order valence-electron chi connectivity index (χ0n) is 15.0. The van der Waals surface area contributed by atoms with Gasteiger partial charge in [-0.2, -0.15) is 4.31 Å². The van der Waals surface area contributed by atoms with E-state index in [9.17, 15) is 8.42 Å². The van der Waals surface area contributed by atoms with Crippen LogP contribution in [0.5, 0.6) is 0 Å². The summed E-state index contributed by atoms with van der Waals surface area (Å²) in [4.78, 5) is 3.77. The Balaban J connectivity index is 1.45. The molecule has 2 aromatic carbocycles. The van der Waals surface area contributed by atoms with Crippen LogP contribution in [0, 0.1) is 12.8 Å². The fraction of sp³-hybridized carbons (Fsp3) is 0.333. The van der Waals surface area contributed by atoms with E-state index < -0.39 is 10.0 Å². The molecule has 0 radical (unpaired) electrons. The Hall–Kier alpha value is -2.11. The van der Waals surface area contributed by atoms with Crippen molar-refractivity contribution in [1.82, 2.24) is 9.29 Å². The number of sulfonamides is 1. The molecule has 0 unspecified atom stereocenters. The van der Waals surface area contributed by atoms with Crippen LogP contribution in [0.2, 0.25) is 0 Å². The first-order valence-corrected chi connectivity index (χ1v) is 10.6. The quantitative estimate of drug-likeness (QED) is 0.753. The minimum absolute atomic E-state index is 0.440. The van der Waals surface area contributed by atoms with Gasteiger partial charge in [-0.25, -0.2) is 8.42 Å². The number of hydrogen-bond donors (Lipinski definition) is 1. The number of nitrogens with one attached hydrogen (secondary N) is 1. The number of aromatic nitrogens is 1. The first kappa shape index (κ1) is 17.3. The van der Waals surface area contributed by atoms with Gasteiger partial charge < -0.3 is 4.98 Å². The Morgan fingerprint density at radius 2 is 1.73 bits per heavy atom. The highest BCUT2D eigenvalue weighted by Crippen LogP contribution is 2.29. The van der Waals surface area contributed by atoms with Crippen LogP contribution in [0.3, 0.4) is 0 Å². The minimum Gasteiger partial charge on any atom is -0.361 e. The summed E-state index contributed by atoms with van der Waals surface area (Å²) in [5.74, 6) is 0.525. The van der Waals surface area contributed by atoms with E-state index in [-0.39, 0.29) is 0 Å². The normalized spacial score (nSPS) is 17.0. The highest BCUT2D eigenvalue weighted by molar-refractivity contribution is 7.89. The number of nitrogens with zero attached hydrogens (tertiary/aromatic N) is 1. The third kappa shape index (κ3) is 3.17. The summed E-state index contributed by atoms with van der Waals surface area (Å²) in [6, 6.07) is 15.6. The Bertz CT molecular complexity index is 1020. The van der Waals surface area contributed by atoms with Crippen LogP contribution in [0.25, 0.3) is 10.9 Å². The highest BCUT2D eigenvalue weighted by atomic mass is 32.2. The molecule has 1 saturated heterocycles.